The Labute approximate surface area is 140 Å². The Morgan fingerprint density at radius 2 is 1.65 bits per heavy atom. The van der Waals surface area contributed by atoms with Crippen LogP contribution in [-0.2, 0) is 0 Å². The Morgan fingerprint density at radius 3 is 2.26 bits per heavy atom. The van der Waals surface area contributed by atoms with Gasteiger partial charge in [-0.25, -0.2) is 4.98 Å². The second kappa shape index (κ2) is 7.44. The van der Waals surface area contributed by atoms with Crippen LogP contribution in [0.4, 0.5) is 17.5 Å². The van der Waals surface area contributed by atoms with Crippen LogP contribution in [0, 0.1) is 27.7 Å². The van der Waals surface area contributed by atoms with Gasteiger partial charge in [0.15, 0.2) is 0 Å². The van der Waals surface area contributed by atoms with E-state index < -0.39 is 0 Å². The number of hydrogen-bond acceptors (Lipinski definition) is 4. The molecule has 0 unspecified atom stereocenters. The van der Waals surface area contributed by atoms with Crippen molar-refractivity contribution in [1.29, 1.82) is 0 Å². The molecular weight excluding hydrogens is 284 g/mol. The van der Waals surface area contributed by atoms with Gasteiger partial charge in [0.1, 0.15) is 5.82 Å². The summed E-state index contributed by atoms with van der Waals surface area (Å²) < 4.78 is 0. The molecule has 1 N–H and O–H groups in total. The molecule has 1 aromatic carbocycles. The van der Waals surface area contributed by atoms with Crippen LogP contribution in [0.15, 0.2) is 18.2 Å². The maximum absolute atomic E-state index is 4.69. The van der Waals surface area contributed by atoms with E-state index in [1.807, 2.05) is 13.0 Å². The van der Waals surface area contributed by atoms with Gasteiger partial charge >= 0.3 is 0 Å². The molecule has 1 aromatic heterocycles. The molecule has 0 radical (unpaired) electrons. The van der Waals surface area contributed by atoms with Crippen molar-refractivity contribution in [3.63, 3.8) is 0 Å². The average molecular weight is 312 g/mol. The molecule has 1 heterocycles. The van der Waals surface area contributed by atoms with Crippen molar-refractivity contribution in [2.75, 3.05) is 23.8 Å². The van der Waals surface area contributed by atoms with Crippen LogP contribution in [-0.4, -0.2) is 23.6 Å². The number of benzene rings is 1. The van der Waals surface area contributed by atoms with Gasteiger partial charge in [-0.15, -0.1) is 0 Å². The Balaban J connectivity index is 2.29. The summed E-state index contributed by atoms with van der Waals surface area (Å²) in [6.07, 6.45) is 2.35. The zero-order valence-corrected chi connectivity index (χ0v) is 15.2. The van der Waals surface area contributed by atoms with Crippen LogP contribution in [0.3, 0.4) is 0 Å². The maximum atomic E-state index is 4.69. The minimum Gasteiger partial charge on any atom is -0.360 e. The van der Waals surface area contributed by atoms with Crippen LogP contribution in [0.2, 0.25) is 0 Å². The summed E-state index contributed by atoms with van der Waals surface area (Å²) in [7, 11) is 2.09. The SMILES string of the molecule is CCCCN(C)c1cc(C)nc(Nc2c(C)cc(C)cc2C)n1. The molecule has 0 saturated carbocycles. The van der Waals surface area contributed by atoms with Gasteiger partial charge in [0.25, 0.3) is 0 Å². The van der Waals surface area contributed by atoms with E-state index in [0.29, 0.717) is 5.95 Å². The van der Waals surface area contributed by atoms with Crippen LogP contribution in [0.25, 0.3) is 0 Å². The molecule has 124 valence electrons. The van der Waals surface area contributed by atoms with Crippen molar-refractivity contribution >= 4 is 17.5 Å². The molecule has 0 spiro atoms. The zero-order chi connectivity index (χ0) is 17.0. The van der Waals surface area contributed by atoms with Crippen LogP contribution in [0.1, 0.15) is 42.1 Å². The summed E-state index contributed by atoms with van der Waals surface area (Å²) in [5.41, 5.74) is 5.78. The third-order valence-corrected chi connectivity index (χ3v) is 3.99. The van der Waals surface area contributed by atoms with E-state index in [1.165, 1.54) is 29.5 Å². The number of anilines is 3. The van der Waals surface area contributed by atoms with Crippen molar-refractivity contribution in [3.05, 3.63) is 40.6 Å². The number of hydrogen-bond donors (Lipinski definition) is 1. The molecule has 0 fully saturated rings. The summed E-state index contributed by atoms with van der Waals surface area (Å²) in [5.74, 6) is 1.63. The summed E-state index contributed by atoms with van der Waals surface area (Å²) in [6, 6.07) is 6.40. The molecule has 23 heavy (non-hydrogen) atoms. The van der Waals surface area contributed by atoms with Gasteiger partial charge < -0.3 is 10.2 Å². The van der Waals surface area contributed by atoms with Gasteiger partial charge in [-0.3, -0.25) is 0 Å². The van der Waals surface area contributed by atoms with Gasteiger partial charge in [-0.2, -0.15) is 4.98 Å². The molecule has 2 rings (SSSR count). The number of nitrogens with zero attached hydrogens (tertiary/aromatic N) is 3. The van der Waals surface area contributed by atoms with Crippen molar-refractivity contribution in [3.8, 4) is 0 Å². The molecule has 0 bridgehead atoms. The van der Waals surface area contributed by atoms with Crippen molar-refractivity contribution in [2.24, 2.45) is 0 Å². The van der Waals surface area contributed by atoms with E-state index >= 15 is 0 Å². The van der Waals surface area contributed by atoms with E-state index in [0.717, 1.165) is 23.7 Å². The lowest BCUT2D eigenvalue weighted by Crippen LogP contribution is -2.20. The van der Waals surface area contributed by atoms with Crippen LogP contribution in [0.5, 0.6) is 0 Å². The average Bonchev–Trinajstić information content (AvgIpc) is 2.48. The fourth-order valence-corrected chi connectivity index (χ4v) is 2.80. The molecule has 0 amide bonds. The summed E-state index contributed by atoms with van der Waals surface area (Å²) in [5, 5.41) is 3.41. The first-order chi connectivity index (χ1) is 10.9. The van der Waals surface area contributed by atoms with Crippen molar-refractivity contribution in [1.82, 2.24) is 9.97 Å². The highest BCUT2D eigenvalue weighted by molar-refractivity contribution is 5.64. The molecule has 4 heteroatoms. The zero-order valence-electron chi connectivity index (χ0n) is 15.2. The van der Waals surface area contributed by atoms with Crippen molar-refractivity contribution in [2.45, 2.75) is 47.5 Å². The smallest absolute Gasteiger partial charge is 0.229 e. The third-order valence-electron chi connectivity index (χ3n) is 3.99. The molecule has 0 aliphatic heterocycles. The first kappa shape index (κ1) is 17.3. The topological polar surface area (TPSA) is 41.1 Å². The minimum atomic E-state index is 0.665. The maximum Gasteiger partial charge on any atom is 0.229 e. The number of aromatic nitrogens is 2. The van der Waals surface area contributed by atoms with Crippen LogP contribution < -0.4 is 10.2 Å². The third kappa shape index (κ3) is 4.44. The highest BCUT2D eigenvalue weighted by atomic mass is 15.2. The van der Waals surface area contributed by atoms with Gasteiger partial charge in [-0.05, 0) is 45.2 Å². The number of unbranched alkanes of at least 4 members (excludes halogenated alkanes) is 1. The Hall–Kier alpha value is -2.10. The predicted octanol–water partition coefficient (Wildman–Crippen LogP) is 4.69. The van der Waals surface area contributed by atoms with Gasteiger partial charge in [0.2, 0.25) is 5.95 Å². The lowest BCUT2D eigenvalue weighted by Gasteiger charge is -2.19. The number of nitrogens with one attached hydrogen (secondary N) is 1. The Kier molecular flexibility index (Phi) is 5.59. The molecule has 4 nitrogen and oxygen atoms in total. The normalized spacial score (nSPS) is 10.7. The van der Waals surface area contributed by atoms with E-state index in [1.54, 1.807) is 0 Å². The first-order valence-corrected chi connectivity index (χ1v) is 8.32. The monoisotopic (exact) mass is 312 g/mol. The first-order valence-electron chi connectivity index (χ1n) is 8.32. The van der Waals surface area contributed by atoms with E-state index in [-0.39, 0.29) is 0 Å². The van der Waals surface area contributed by atoms with Crippen molar-refractivity contribution < 1.29 is 0 Å². The quantitative estimate of drug-likeness (QED) is 0.840. The molecule has 0 aliphatic rings. The standard InChI is InChI=1S/C19H28N4/c1-7-8-9-23(6)17-12-16(5)20-19(21-17)22-18-14(3)10-13(2)11-15(18)4/h10-12H,7-9H2,1-6H3,(H,20,21,22). The van der Waals surface area contributed by atoms with E-state index in [2.05, 4.69) is 62.1 Å². The van der Waals surface area contributed by atoms with Crippen LogP contribution >= 0.6 is 0 Å². The number of rotatable bonds is 6. The van der Waals surface area contributed by atoms with E-state index in [9.17, 15) is 0 Å². The minimum absolute atomic E-state index is 0.665. The highest BCUT2D eigenvalue weighted by Gasteiger charge is 2.09. The second-order valence-corrected chi connectivity index (χ2v) is 6.36. The second-order valence-electron chi connectivity index (χ2n) is 6.36. The molecule has 2 aromatic rings. The fourth-order valence-electron chi connectivity index (χ4n) is 2.80. The largest absolute Gasteiger partial charge is 0.360 e. The molecular formula is C19H28N4. The molecule has 0 aliphatic carbocycles. The Morgan fingerprint density at radius 1 is 1.00 bits per heavy atom. The summed E-state index contributed by atoms with van der Waals surface area (Å²) in [4.78, 5) is 11.4. The predicted molar refractivity (Wildman–Crippen MR) is 98.9 cm³/mol. The summed E-state index contributed by atoms with van der Waals surface area (Å²) >= 11 is 0. The highest BCUT2D eigenvalue weighted by Crippen LogP contribution is 2.25. The van der Waals surface area contributed by atoms with E-state index in [4.69, 9.17) is 4.98 Å². The Bertz CT molecular complexity index is 656. The summed E-state index contributed by atoms with van der Waals surface area (Å²) in [6.45, 7) is 11.6. The molecule has 0 saturated heterocycles. The number of aryl methyl sites for hydroxylation is 4. The lowest BCUT2D eigenvalue weighted by molar-refractivity contribution is 0.758. The van der Waals surface area contributed by atoms with Gasteiger partial charge in [0, 0.05) is 31.0 Å². The van der Waals surface area contributed by atoms with Gasteiger partial charge in [-0.1, -0.05) is 31.0 Å². The fraction of sp³-hybridized carbons (Fsp3) is 0.474. The lowest BCUT2D eigenvalue weighted by atomic mass is 10.1. The molecule has 0 atom stereocenters. The van der Waals surface area contributed by atoms with Gasteiger partial charge in [0.05, 0.1) is 0 Å².